The number of unbranched alkanes of at least 4 members (excludes halogenated alkanes) is 1. The van der Waals surface area contributed by atoms with Crippen LogP contribution >= 0.6 is 0 Å². The molecule has 0 radical (unpaired) electrons. The van der Waals surface area contributed by atoms with E-state index in [4.69, 9.17) is 4.98 Å². The van der Waals surface area contributed by atoms with Gasteiger partial charge >= 0.3 is 0 Å². The fraction of sp³-hybridized carbons (Fsp3) is 0.417. The Kier molecular flexibility index (Phi) is 10.9. The van der Waals surface area contributed by atoms with Crippen LogP contribution in [0.4, 0.5) is 0 Å². The minimum absolute atomic E-state index is 0.0655. The summed E-state index contributed by atoms with van der Waals surface area (Å²) in [5, 5.41) is 10.8. The summed E-state index contributed by atoms with van der Waals surface area (Å²) in [4.78, 5) is 7.84. The molecule has 1 aliphatic carbocycles. The van der Waals surface area contributed by atoms with Gasteiger partial charge < -0.3 is 9.67 Å². The normalized spacial score (nSPS) is 14.3. The summed E-state index contributed by atoms with van der Waals surface area (Å²) in [6, 6.07) is 26.6. The lowest BCUT2D eigenvalue weighted by Crippen LogP contribution is -2.31. The summed E-state index contributed by atoms with van der Waals surface area (Å²) in [5.74, 6) is 1.75. The molecule has 4 aromatic rings. The molecule has 3 aromatic carbocycles. The van der Waals surface area contributed by atoms with Gasteiger partial charge in [-0.1, -0.05) is 105 Å². The van der Waals surface area contributed by atoms with E-state index in [2.05, 4.69) is 69.6 Å². The standard InChI is InChI=1S/C36H46N4O3S/c1-3-4-22-40-33(35(30-16-10-6-11-17-30)38-36(40)31-18-12-7-13-19-31)27-39(25-28-14-8-5-9-15-28)26-29-20-21-32(34(41)23-29)24-37-44(2,42)43/h6-7,10-13,16-21,23,28,37,41H,3-5,8-9,14-15,22,24-27H2,1-2H3. The zero-order valence-corrected chi connectivity index (χ0v) is 26.9. The number of rotatable bonds is 14. The fourth-order valence-corrected chi connectivity index (χ4v) is 6.71. The minimum atomic E-state index is -3.35. The lowest BCUT2D eigenvalue weighted by molar-refractivity contribution is 0.183. The molecule has 1 heterocycles. The third kappa shape index (κ3) is 8.58. The van der Waals surface area contributed by atoms with E-state index >= 15 is 0 Å². The van der Waals surface area contributed by atoms with E-state index in [1.807, 2.05) is 24.3 Å². The number of aromatic nitrogens is 2. The van der Waals surface area contributed by atoms with Gasteiger partial charge in [-0.3, -0.25) is 4.90 Å². The van der Waals surface area contributed by atoms with Gasteiger partial charge in [0.15, 0.2) is 0 Å². The second kappa shape index (κ2) is 15.0. The number of phenols is 1. The van der Waals surface area contributed by atoms with E-state index in [9.17, 15) is 13.5 Å². The Morgan fingerprint density at radius 3 is 2.25 bits per heavy atom. The van der Waals surface area contributed by atoms with Crippen molar-refractivity contribution in [3.8, 4) is 28.4 Å². The predicted molar refractivity (Wildman–Crippen MR) is 178 cm³/mol. The van der Waals surface area contributed by atoms with Gasteiger partial charge in [-0.25, -0.2) is 18.1 Å². The Morgan fingerprint density at radius 1 is 0.932 bits per heavy atom. The fourth-order valence-electron chi connectivity index (χ4n) is 6.29. The summed E-state index contributed by atoms with van der Waals surface area (Å²) in [7, 11) is -3.35. The first-order valence-electron chi connectivity index (χ1n) is 16.0. The highest BCUT2D eigenvalue weighted by Crippen LogP contribution is 2.33. The Hall–Kier alpha value is -3.46. The van der Waals surface area contributed by atoms with Crippen molar-refractivity contribution < 1.29 is 13.5 Å². The van der Waals surface area contributed by atoms with Crippen LogP contribution in [-0.2, 0) is 36.2 Å². The summed E-state index contributed by atoms with van der Waals surface area (Å²) in [5.41, 5.74) is 6.05. The van der Waals surface area contributed by atoms with Gasteiger partial charge in [0.05, 0.1) is 17.6 Å². The first kappa shape index (κ1) is 31.9. The second-order valence-electron chi connectivity index (χ2n) is 12.2. The Bertz CT molecular complexity index is 1600. The van der Waals surface area contributed by atoms with E-state index < -0.39 is 10.0 Å². The second-order valence-corrected chi connectivity index (χ2v) is 14.0. The average Bonchev–Trinajstić information content (AvgIpc) is 3.38. The molecule has 5 rings (SSSR count). The summed E-state index contributed by atoms with van der Waals surface area (Å²) >= 11 is 0. The maximum Gasteiger partial charge on any atom is 0.209 e. The molecule has 1 saturated carbocycles. The number of nitrogens with one attached hydrogen (secondary N) is 1. The van der Waals surface area contributed by atoms with Gasteiger partial charge in [-0.05, 0) is 36.8 Å². The van der Waals surface area contributed by atoms with Gasteiger partial charge in [0, 0.05) is 49.4 Å². The number of nitrogens with zero attached hydrogens (tertiary/aromatic N) is 3. The minimum Gasteiger partial charge on any atom is -0.508 e. The van der Waals surface area contributed by atoms with Crippen LogP contribution in [0.2, 0.25) is 0 Å². The molecule has 1 aromatic heterocycles. The zero-order chi connectivity index (χ0) is 30.9. The van der Waals surface area contributed by atoms with Crippen LogP contribution in [0.3, 0.4) is 0 Å². The molecule has 0 bridgehead atoms. The summed E-state index contributed by atoms with van der Waals surface area (Å²) in [6.07, 6.45) is 9.65. The van der Waals surface area contributed by atoms with E-state index in [1.165, 1.54) is 37.8 Å². The van der Waals surface area contributed by atoms with Gasteiger partial charge in [0.2, 0.25) is 10.0 Å². The SMILES string of the molecule is CCCCn1c(-c2ccccc2)nc(-c2ccccc2)c1CN(Cc1ccc(CNS(C)(=O)=O)c(O)c1)CC1CCCCC1. The van der Waals surface area contributed by atoms with Crippen LogP contribution in [-0.4, -0.2) is 40.8 Å². The number of aromatic hydroxyl groups is 1. The highest BCUT2D eigenvalue weighted by atomic mass is 32.2. The van der Waals surface area contributed by atoms with Crippen molar-refractivity contribution in [3.63, 3.8) is 0 Å². The van der Waals surface area contributed by atoms with Crippen LogP contribution in [0.5, 0.6) is 5.75 Å². The summed E-state index contributed by atoms with van der Waals surface area (Å²) < 4.78 is 28.1. The Balaban J connectivity index is 1.52. The van der Waals surface area contributed by atoms with Crippen LogP contribution in [0.1, 0.15) is 68.7 Å². The molecule has 7 nitrogen and oxygen atoms in total. The van der Waals surface area contributed by atoms with Crippen molar-refractivity contribution in [2.75, 3.05) is 12.8 Å². The molecule has 234 valence electrons. The lowest BCUT2D eigenvalue weighted by atomic mass is 9.88. The van der Waals surface area contributed by atoms with Gasteiger partial charge in [0.25, 0.3) is 0 Å². The number of sulfonamides is 1. The Labute approximate surface area is 263 Å². The molecule has 0 atom stereocenters. The van der Waals surface area contributed by atoms with Crippen molar-refractivity contribution >= 4 is 10.0 Å². The number of imidazole rings is 1. The highest BCUT2D eigenvalue weighted by Gasteiger charge is 2.24. The number of phenolic OH excluding ortho intramolecular Hbond substituents is 1. The molecule has 0 aliphatic heterocycles. The van der Waals surface area contributed by atoms with Gasteiger partial charge in [-0.15, -0.1) is 0 Å². The van der Waals surface area contributed by atoms with Crippen molar-refractivity contribution in [2.45, 2.75) is 78.0 Å². The van der Waals surface area contributed by atoms with E-state index in [1.54, 1.807) is 6.07 Å². The first-order valence-corrected chi connectivity index (χ1v) is 17.9. The van der Waals surface area contributed by atoms with Crippen LogP contribution < -0.4 is 4.72 Å². The predicted octanol–water partition coefficient (Wildman–Crippen LogP) is 7.35. The molecular formula is C36H46N4O3S. The maximum absolute atomic E-state index is 11.6. The molecule has 1 aliphatic rings. The van der Waals surface area contributed by atoms with Crippen molar-refractivity contribution in [2.24, 2.45) is 5.92 Å². The molecule has 0 spiro atoms. The van der Waals surface area contributed by atoms with Gasteiger partial charge in [-0.2, -0.15) is 0 Å². The molecule has 1 fully saturated rings. The lowest BCUT2D eigenvalue weighted by Gasteiger charge is -2.30. The highest BCUT2D eigenvalue weighted by molar-refractivity contribution is 7.88. The quantitative estimate of drug-likeness (QED) is 0.155. The van der Waals surface area contributed by atoms with Crippen molar-refractivity contribution in [3.05, 3.63) is 95.7 Å². The van der Waals surface area contributed by atoms with Crippen LogP contribution in [0.25, 0.3) is 22.6 Å². The average molecular weight is 615 g/mol. The van der Waals surface area contributed by atoms with Crippen LogP contribution in [0.15, 0.2) is 78.9 Å². The summed E-state index contributed by atoms with van der Waals surface area (Å²) in [6.45, 7) is 5.59. The van der Waals surface area contributed by atoms with E-state index in [0.717, 1.165) is 66.9 Å². The van der Waals surface area contributed by atoms with E-state index in [0.29, 0.717) is 18.0 Å². The topological polar surface area (TPSA) is 87.5 Å². The third-order valence-corrected chi connectivity index (χ3v) is 9.25. The maximum atomic E-state index is 11.6. The molecule has 0 saturated heterocycles. The Morgan fingerprint density at radius 2 is 1.61 bits per heavy atom. The zero-order valence-electron chi connectivity index (χ0n) is 26.1. The molecule has 2 N–H and O–H groups in total. The van der Waals surface area contributed by atoms with Crippen molar-refractivity contribution in [1.82, 2.24) is 19.2 Å². The smallest absolute Gasteiger partial charge is 0.209 e. The number of hydrogen-bond acceptors (Lipinski definition) is 5. The monoisotopic (exact) mass is 614 g/mol. The van der Waals surface area contributed by atoms with Gasteiger partial charge in [0.1, 0.15) is 11.6 Å². The molecule has 0 unspecified atom stereocenters. The molecule has 8 heteroatoms. The molecule has 0 amide bonds. The third-order valence-electron chi connectivity index (χ3n) is 8.58. The van der Waals surface area contributed by atoms with Crippen LogP contribution in [0, 0.1) is 5.92 Å². The number of benzene rings is 3. The number of hydrogen-bond donors (Lipinski definition) is 2. The first-order chi connectivity index (χ1) is 21.3. The van der Waals surface area contributed by atoms with E-state index in [-0.39, 0.29) is 12.3 Å². The molecular weight excluding hydrogens is 568 g/mol. The largest absolute Gasteiger partial charge is 0.508 e. The van der Waals surface area contributed by atoms with Crippen molar-refractivity contribution in [1.29, 1.82) is 0 Å². The molecule has 44 heavy (non-hydrogen) atoms.